The fourth-order valence-corrected chi connectivity index (χ4v) is 4.64. The molecule has 27 heavy (non-hydrogen) atoms. The van der Waals surface area contributed by atoms with E-state index in [1.54, 1.807) is 6.92 Å². The number of rotatable bonds is 7. The van der Waals surface area contributed by atoms with Crippen LogP contribution in [0, 0.1) is 5.92 Å². The van der Waals surface area contributed by atoms with E-state index in [9.17, 15) is 9.59 Å². The quantitative estimate of drug-likeness (QED) is 0.713. The van der Waals surface area contributed by atoms with E-state index < -0.39 is 0 Å². The minimum absolute atomic E-state index is 0.164. The molecule has 0 bridgehead atoms. The first-order valence-electron chi connectivity index (χ1n) is 9.37. The van der Waals surface area contributed by atoms with Crippen LogP contribution >= 0.6 is 11.3 Å². The lowest BCUT2D eigenvalue weighted by atomic mass is 9.88. The molecule has 6 heteroatoms. The third-order valence-corrected chi connectivity index (χ3v) is 5.76. The van der Waals surface area contributed by atoms with E-state index in [1.807, 2.05) is 30.3 Å². The summed E-state index contributed by atoms with van der Waals surface area (Å²) in [4.78, 5) is 26.0. The second-order valence-electron chi connectivity index (χ2n) is 6.74. The number of hydrogen-bond acceptors (Lipinski definition) is 5. The van der Waals surface area contributed by atoms with Gasteiger partial charge in [0.2, 0.25) is 5.91 Å². The van der Waals surface area contributed by atoms with Gasteiger partial charge in [-0.1, -0.05) is 25.1 Å². The van der Waals surface area contributed by atoms with Crippen LogP contribution in [-0.4, -0.2) is 25.1 Å². The Morgan fingerprint density at radius 2 is 2.04 bits per heavy atom. The van der Waals surface area contributed by atoms with Gasteiger partial charge in [0.25, 0.3) is 0 Å². The normalized spacial score (nSPS) is 15.7. The van der Waals surface area contributed by atoms with Crippen molar-refractivity contribution in [2.45, 2.75) is 39.5 Å². The first kappa shape index (κ1) is 19.4. The van der Waals surface area contributed by atoms with Crippen LogP contribution in [0.1, 0.15) is 47.5 Å². The average molecular weight is 388 g/mol. The zero-order valence-corrected chi connectivity index (χ0v) is 16.6. The molecule has 0 saturated heterocycles. The van der Waals surface area contributed by atoms with Crippen LogP contribution in [0.3, 0.4) is 0 Å². The molecule has 1 aliphatic carbocycles. The Labute approximate surface area is 163 Å². The summed E-state index contributed by atoms with van der Waals surface area (Å²) < 4.78 is 10.8. The second kappa shape index (κ2) is 9.04. The molecule has 1 atom stereocenters. The first-order chi connectivity index (χ1) is 13.1. The van der Waals surface area contributed by atoms with Crippen molar-refractivity contribution in [2.75, 3.05) is 18.5 Å². The number of nitrogens with one attached hydrogen (secondary N) is 1. The molecule has 0 saturated carbocycles. The highest BCUT2D eigenvalue weighted by molar-refractivity contribution is 7.17. The van der Waals surface area contributed by atoms with E-state index in [2.05, 4.69) is 12.2 Å². The van der Waals surface area contributed by atoms with Crippen LogP contribution in [-0.2, 0) is 22.4 Å². The van der Waals surface area contributed by atoms with Gasteiger partial charge in [0.15, 0.2) is 0 Å². The zero-order valence-electron chi connectivity index (χ0n) is 15.7. The van der Waals surface area contributed by atoms with Crippen molar-refractivity contribution in [3.63, 3.8) is 0 Å². The molecule has 1 amide bonds. The first-order valence-corrected chi connectivity index (χ1v) is 10.2. The van der Waals surface area contributed by atoms with E-state index in [0.717, 1.165) is 30.6 Å². The fourth-order valence-electron chi connectivity index (χ4n) is 3.23. The third-order valence-electron chi connectivity index (χ3n) is 4.59. The van der Waals surface area contributed by atoms with Crippen molar-refractivity contribution in [3.05, 3.63) is 46.3 Å². The van der Waals surface area contributed by atoms with Crippen LogP contribution in [0.4, 0.5) is 5.00 Å². The van der Waals surface area contributed by atoms with Gasteiger partial charge < -0.3 is 14.8 Å². The number of fused-ring (bicyclic) bond motifs is 1. The van der Waals surface area contributed by atoms with Gasteiger partial charge >= 0.3 is 5.97 Å². The number of thiophene rings is 1. The number of carbonyl (C=O) groups excluding carboxylic acids is 2. The maximum atomic E-state index is 12.5. The van der Waals surface area contributed by atoms with Crippen molar-refractivity contribution < 1.29 is 19.1 Å². The molecule has 0 radical (unpaired) electrons. The summed E-state index contributed by atoms with van der Waals surface area (Å²) in [5, 5.41) is 3.52. The Kier molecular flexibility index (Phi) is 6.50. The van der Waals surface area contributed by atoms with E-state index in [4.69, 9.17) is 9.47 Å². The van der Waals surface area contributed by atoms with E-state index in [0.29, 0.717) is 23.1 Å². The SMILES string of the molecule is CCOC(=O)c1c(NC(=O)CCOc2ccccc2)sc2c1CCC(C)C2. The van der Waals surface area contributed by atoms with Crippen LogP contribution in [0.5, 0.6) is 5.75 Å². The summed E-state index contributed by atoms with van der Waals surface area (Å²) in [7, 11) is 0. The number of anilines is 1. The molecule has 1 aromatic carbocycles. The molecular formula is C21H25NO4S. The van der Waals surface area contributed by atoms with Crippen molar-refractivity contribution >= 4 is 28.2 Å². The standard InChI is InChI=1S/C21H25NO4S/c1-3-25-21(24)19-16-10-9-14(2)13-17(16)27-20(19)22-18(23)11-12-26-15-7-5-4-6-8-15/h4-8,14H,3,9-13H2,1-2H3,(H,22,23). The number of esters is 1. The Bertz CT molecular complexity index is 800. The predicted molar refractivity (Wildman–Crippen MR) is 107 cm³/mol. The maximum Gasteiger partial charge on any atom is 0.341 e. The molecule has 5 nitrogen and oxygen atoms in total. The lowest BCUT2D eigenvalue weighted by Crippen LogP contribution is -2.18. The number of amides is 1. The molecule has 1 aromatic heterocycles. The number of carbonyl (C=O) groups is 2. The lowest BCUT2D eigenvalue weighted by Gasteiger charge is -2.18. The van der Waals surface area contributed by atoms with Crippen molar-refractivity contribution in [2.24, 2.45) is 5.92 Å². The summed E-state index contributed by atoms with van der Waals surface area (Å²) in [6.45, 7) is 4.61. The minimum Gasteiger partial charge on any atom is -0.493 e. The number of ether oxygens (including phenoxy) is 2. The number of para-hydroxylation sites is 1. The third kappa shape index (κ3) is 4.89. The molecule has 0 aliphatic heterocycles. The fraction of sp³-hybridized carbons (Fsp3) is 0.429. The van der Waals surface area contributed by atoms with Crippen LogP contribution in [0.15, 0.2) is 30.3 Å². The van der Waals surface area contributed by atoms with Crippen molar-refractivity contribution in [3.8, 4) is 5.75 Å². The maximum absolute atomic E-state index is 12.5. The molecule has 1 heterocycles. The summed E-state index contributed by atoms with van der Waals surface area (Å²) >= 11 is 1.50. The largest absolute Gasteiger partial charge is 0.493 e. The van der Waals surface area contributed by atoms with E-state index in [1.165, 1.54) is 16.2 Å². The molecule has 144 valence electrons. The summed E-state index contributed by atoms with van der Waals surface area (Å²) in [6, 6.07) is 9.39. The Hall–Kier alpha value is -2.34. The van der Waals surface area contributed by atoms with Gasteiger partial charge in [-0.15, -0.1) is 11.3 Å². The van der Waals surface area contributed by atoms with Gasteiger partial charge in [-0.2, -0.15) is 0 Å². The molecule has 0 spiro atoms. The molecule has 1 aliphatic rings. The summed E-state index contributed by atoms with van der Waals surface area (Å²) in [5.74, 6) is 0.815. The van der Waals surface area contributed by atoms with Crippen molar-refractivity contribution in [1.82, 2.24) is 0 Å². The van der Waals surface area contributed by atoms with Crippen LogP contribution in [0.25, 0.3) is 0 Å². The van der Waals surface area contributed by atoms with Gasteiger partial charge in [0.1, 0.15) is 10.8 Å². The second-order valence-corrected chi connectivity index (χ2v) is 7.84. The van der Waals surface area contributed by atoms with Gasteiger partial charge in [0.05, 0.1) is 25.2 Å². The summed E-state index contributed by atoms with van der Waals surface area (Å²) in [5.41, 5.74) is 1.59. The summed E-state index contributed by atoms with van der Waals surface area (Å²) in [6.07, 6.45) is 3.07. The highest BCUT2D eigenvalue weighted by atomic mass is 32.1. The zero-order chi connectivity index (χ0) is 19.2. The molecule has 0 fully saturated rings. The smallest absolute Gasteiger partial charge is 0.341 e. The molecule has 1 unspecified atom stereocenters. The van der Waals surface area contributed by atoms with Gasteiger partial charge in [-0.05, 0) is 49.8 Å². The molecule has 2 aromatic rings. The van der Waals surface area contributed by atoms with Crippen LogP contribution < -0.4 is 10.1 Å². The van der Waals surface area contributed by atoms with Gasteiger partial charge in [0, 0.05) is 4.88 Å². The molecule has 1 N–H and O–H groups in total. The number of benzene rings is 1. The Balaban J connectivity index is 1.67. The Morgan fingerprint density at radius 1 is 1.26 bits per heavy atom. The van der Waals surface area contributed by atoms with Crippen LogP contribution in [0.2, 0.25) is 0 Å². The highest BCUT2D eigenvalue weighted by Gasteiger charge is 2.29. The van der Waals surface area contributed by atoms with Crippen molar-refractivity contribution in [1.29, 1.82) is 0 Å². The Morgan fingerprint density at radius 3 is 2.78 bits per heavy atom. The highest BCUT2D eigenvalue weighted by Crippen LogP contribution is 2.40. The molecular weight excluding hydrogens is 362 g/mol. The van der Waals surface area contributed by atoms with Gasteiger partial charge in [-0.25, -0.2) is 4.79 Å². The average Bonchev–Trinajstić information content (AvgIpc) is 2.99. The van der Waals surface area contributed by atoms with Gasteiger partial charge in [-0.3, -0.25) is 4.79 Å². The lowest BCUT2D eigenvalue weighted by molar-refractivity contribution is -0.116. The van der Waals surface area contributed by atoms with E-state index >= 15 is 0 Å². The molecule has 3 rings (SSSR count). The topological polar surface area (TPSA) is 64.6 Å². The minimum atomic E-state index is -0.347. The predicted octanol–water partition coefficient (Wildman–Crippen LogP) is 4.46. The van der Waals surface area contributed by atoms with E-state index in [-0.39, 0.29) is 24.9 Å². The number of hydrogen-bond donors (Lipinski definition) is 1. The monoisotopic (exact) mass is 387 g/mol.